The Morgan fingerprint density at radius 3 is 2.38 bits per heavy atom. The van der Waals surface area contributed by atoms with Crippen LogP contribution < -0.4 is 11.0 Å². The normalized spacial score (nSPS) is 12.1. The molecule has 32 heavy (non-hydrogen) atoms. The van der Waals surface area contributed by atoms with E-state index in [1.165, 1.54) is 12.1 Å². The number of benzene rings is 2. The van der Waals surface area contributed by atoms with Crippen molar-refractivity contribution in [2.75, 3.05) is 5.32 Å². The first kappa shape index (κ1) is 21.6. The Balaban J connectivity index is 2.15. The SMILES string of the molecule is CC(C)Nc1cc(-n2c(C(C)(C)C)nc3cc(C#N)c(F)cc32)cc2c1n(C)c(=O)n2C. The summed E-state index contributed by atoms with van der Waals surface area (Å²) in [6.45, 7) is 10.2. The molecule has 0 saturated heterocycles. The molecule has 0 fully saturated rings. The van der Waals surface area contributed by atoms with Crippen LogP contribution in [0.3, 0.4) is 0 Å². The monoisotopic (exact) mass is 434 g/mol. The van der Waals surface area contributed by atoms with Gasteiger partial charge in [0.1, 0.15) is 17.7 Å². The number of nitrogens with one attached hydrogen (secondary N) is 1. The minimum absolute atomic E-state index is 0.0364. The van der Waals surface area contributed by atoms with Crippen LogP contribution in [0.25, 0.3) is 27.8 Å². The van der Waals surface area contributed by atoms with Crippen molar-refractivity contribution in [2.24, 2.45) is 14.1 Å². The maximum atomic E-state index is 14.6. The van der Waals surface area contributed by atoms with E-state index in [9.17, 15) is 14.4 Å². The molecule has 0 aliphatic heterocycles. The van der Waals surface area contributed by atoms with Gasteiger partial charge in [0.2, 0.25) is 0 Å². The standard InChI is InChI=1S/C24H27FN6O/c1-13(2)27-18-9-15(10-20-21(18)30(7)23(32)29(20)6)31-19-11-16(25)14(12-26)8-17(19)28-22(31)24(3,4)5/h8-11,13,27H,1-7H3. The summed E-state index contributed by atoms with van der Waals surface area (Å²) in [4.78, 5) is 17.5. The van der Waals surface area contributed by atoms with E-state index >= 15 is 0 Å². The molecule has 8 heteroatoms. The summed E-state index contributed by atoms with van der Waals surface area (Å²) in [5, 5.41) is 12.7. The molecule has 0 bridgehead atoms. The number of halogens is 1. The zero-order valence-corrected chi connectivity index (χ0v) is 19.4. The Morgan fingerprint density at radius 2 is 1.78 bits per heavy atom. The summed E-state index contributed by atoms with van der Waals surface area (Å²) < 4.78 is 19.8. The lowest BCUT2D eigenvalue weighted by atomic mass is 9.95. The molecule has 0 atom stereocenters. The molecule has 0 spiro atoms. The fourth-order valence-electron chi connectivity index (χ4n) is 4.13. The molecule has 7 nitrogen and oxygen atoms in total. The number of imidazole rings is 2. The molecule has 0 amide bonds. The van der Waals surface area contributed by atoms with Gasteiger partial charge in [0.25, 0.3) is 0 Å². The van der Waals surface area contributed by atoms with Crippen molar-refractivity contribution in [1.29, 1.82) is 5.26 Å². The minimum atomic E-state index is -0.588. The van der Waals surface area contributed by atoms with Gasteiger partial charge < -0.3 is 5.32 Å². The van der Waals surface area contributed by atoms with Crippen molar-refractivity contribution >= 4 is 27.8 Å². The summed E-state index contributed by atoms with van der Waals surface area (Å²) in [6, 6.07) is 8.77. The first-order valence-electron chi connectivity index (χ1n) is 10.5. The quantitative estimate of drug-likeness (QED) is 0.520. The smallest absolute Gasteiger partial charge is 0.328 e. The molecule has 4 rings (SSSR count). The molecule has 2 aromatic carbocycles. The van der Waals surface area contributed by atoms with Crippen LogP contribution in [-0.2, 0) is 19.5 Å². The molecule has 166 valence electrons. The highest BCUT2D eigenvalue weighted by Crippen LogP contribution is 2.34. The third kappa shape index (κ3) is 3.25. The highest BCUT2D eigenvalue weighted by molar-refractivity contribution is 5.92. The summed E-state index contributed by atoms with van der Waals surface area (Å²) in [5.74, 6) is 0.146. The first-order valence-corrected chi connectivity index (χ1v) is 10.5. The van der Waals surface area contributed by atoms with E-state index in [0.29, 0.717) is 11.0 Å². The predicted molar refractivity (Wildman–Crippen MR) is 125 cm³/mol. The fraction of sp³-hybridized carbons (Fsp3) is 0.375. The predicted octanol–water partition coefficient (Wildman–Crippen LogP) is 4.34. The zero-order chi connectivity index (χ0) is 23.5. The van der Waals surface area contributed by atoms with Gasteiger partial charge in [-0.15, -0.1) is 0 Å². The average molecular weight is 435 g/mol. The molecule has 0 saturated carbocycles. The van der Waals surface area contributed by atoms with Crippen LogP contribution in [0.2, 0.25) is 0 Å². The highest BCUT2D eigenvalue weighted by Gasteiger charge is 2.26. The lowest BCUT2D eigenvalue weighted by Crippen LogP contribution is -2.19. The van der Waals surface area contributed by atoms with Crippen molar-refractivity contribution < 1.29 is 4.39 Å². The summed E-state index contributed by atoms with van der Waals surface area (Å²) in [7, 11) is 3.49. The van der Waals surface area contributed by atoms with Gasteiger partial charge in [-0.05, 0) is 32.0 Å². The Labute approximate surface area is 185 Å². The maximum Gasteiger partial charge on any atom is 0.328 e. The van der Waals surface area contributed by atoms with Crippen LogP contribution in [0, 0.1) is 17.1 Å². The third-order valence-corrected chi connectivity index (χ3v) is 5.58. The van der Waals surface area contributed by atoms with Crippen molar-refractivity contribution in [3.63, 3.8) is 0 Å². The van der Waals surface area contributed by atoms with E-state index in [0.717, 1.165) is 28.2 Å². The second kappa shape index (κ2) is 7.23. The number of aryl methyl sites for hydroxylation is 2. The number of nitriles is 1. The van der Waals surface area contributed by atoms with Gasteiger partial charge in [-0.25, -0.2) is 14.2 Å². The average Bonchev–Trinajstić information content (AvgIpc) is 3.18. The lowest BCUT2D eigenvalue weighted by molar-refractivity contribution is 0.539. The number of anilines is 1. The molecule has 4 aromatic rings. The van der Waals surface area contributed by atoms with Crippen LogP contribution in [0.4, 0.5) is 10.1 Å². The van der Waals surface area contributed by atoms with Crippen molar-refractivity contribution in [2.45, 2.75) is 46.1 Å². The van der Waals surface area contributed by atoms with Crippen molar-refractivity contribution in [3.8, 4) is 11.8 Å². The molecule has 0 radical (unpaired) electrons. The Bertz CT molecular complexity index is 1470. The van der Waals surface area contributed by atoms with Crippen LogP contribution >= 0.6 is 0 Å². The van der Waals surface area contributed by atoms with Gasteiger partial charge in [0.05, 0.1) is 39.0 Å². The number of fused-ring (bicyclic) bond motifs is 2. The van der Waals surface area contributed by atoms with Crippen LogP contribution in [0.1, 0.15) is 46.0 Å². The van der Waals surface area contributed by atoms with Gasteiger partial charge in [-0.1, -0.05) is 20.8 Å². The van der Waals surface area contributed by atoms with Crippen LogP contribution in [0.15, 0.2) is 29.1 Å². The molecule has 0 aliphatic rings. The minimum Gasteiger partial charge on any atom is -0.381 e. The lowest BCUT2D eigenvalue weighted by Gasteiger charge is -2.21. The summed E-state index contributed by atoms with van der Waals surface area (Å²) in [6.07, 6.45) is 0. The second-order valence-electron chi connectivity index (χ2n) is 9.51. The third-order valence-electron chi connectivity index (χ3n) is 5.58. The Morgan fingerprint density at radius 1 is 1.09 bits per heavy atom. The van der Waals surface area contributed by atoms with E-state index in [2.05, 4.69) is 5.32 Å². The largest absolute Gasteiger partial charge is 0.381 e. The van der Waals surface area contributed by atoms with E-state index in [-0.39, 0.29) is 22.7 Å². The van der Waals surface area contributed by atoms with Gasteiger partial charge in [0.15, 0.2) is 0 Å². The Kier molecular flexibility index (Phi) is 4.88. The molecular formula is C24H27FN6O. The second-order valence-corrected chi connectivity index (χ2v) is 9.51. The maximum absolute atomic E-state index is 14.6. The molecule has 2 heterocycles. The van der Waals surface area contributed by atoms with Crippen molar-refractivity contribution in [3.05, 3.63) is 52.0 Å². The number of nitrogens with zero attached hydrogens (tertiary/aromatic N) is 5. The van der Waals surface area contributed by atoms with Gasteiger partial charge in [-0.3, -0.25) is 13.7 Å². The molecule has 0 unspecified atom stereocenters. The number of hydrogen-bond acceptors (Lipinski definition) is 4. The number of rotatable bonds is 3. The Hall–Kier alpha value is -3.60. The van der Waals surface area contributed by atoms with E-state index in [1.807, 2.05) is 57.4 Å². The van der Waals surface area contributed by atoms with E-state index in [4.69, 9.17) is 4.98 Å². The number of hydrogen-bond donors (Lipinski definition) is 1. The molecule has 2 aromatic heterocycles. The van der Waals surface area contributed by atoms with E-state index in [1.54, 1.807) is 23.2 Å². The zero-order valence-electron chi connectivity index (χ0n) is 19.4. The van der Waals surface area contributed by atoms with Crippen LogP contribution in [-0.4, -0.2) is 24.7 Å². The number of aromatic nitrogens is 4. The van der Waals surface area contributed by atoms with E-state index < -0.39 is 5.82 Å². The van der Waals surface area contributed by atoms with Crippen LogP contribution in [0.5, 0.6) is 0 Å². The summed E-state index contributed by atoms with van der Waals surface area (Å²) in [5.41, 5.74) is 3.73. The molecule has 0 aliphatic carbocycles. The molecule has 1 N–H and O–H groups in total. The fourth-order valence-corrected chi connectivity index (χ4v) is 4.13. The first-order chi connectivity index (χ1) is 14.9. The highest BCUT2D eigenvalue weighted by atomic mass is 19.1. The van der Waals surface area contributed by atoms with Gasteiger partial charge >= 0.3 is 5.69 Å². The molecular weight excluding hydrogens is 407 g/mol. The topological polar surface area (TPSA) is 80.6 Å². The van der Waals surface area contributed by atoms with Crippen molar-refractivity contribution in [1.82, 2.24) is 18.7 Å². The van der Waals surface area contributed by atoms with Gasteiger partial charge in [-0.2, -0.15) is 5.26 Å². The summed E-state index contributed by atoms with van der Waals surface area (Å²) >= 11 is 0. The van der Waals surface area contributed by atoms with Gasteiger partial charge in [0, 0.05) is 31.6 Å².